The molecule has 3 rings (SSSR count). The summed E-state index contributed by atoms with van der Waals surface area (Å²) in [5, 5.41) is 2.90. The third-order valence-electron chi connectivity index (χ3n) is 4.66. The van der Waals surface area contributed by atoms with Crippen LogP contribution in [0.4, 0.5) is 11.4 Å². The molecule has 0 unspecified atom stereocenters. The summed E-state index contributed by atoms with van der Waals surface area (Å²) in [4.78, 5) is 27.1. The Bertz CT molecular complexity index is 734. The van der Waals surface area contributed by atoms with Crippen molar-refractivity contribution in [2.45, 2.75) is 26.2 Å². The van der Waals surface area contributed by atoms with Crippen molar-refractivity contribution in [3.8, 4) is 0 Å². The Kier molecular flexibility index (Phi) is 4.38. The number of rotatable bonds is 5. The number of carbonyl (C=O) groups excluding carboxylic acids is 2. The van der Waals surface area contributed by atoms with Crippen LogP contribution >= 0.6 is 0 Å². The third kappa shape index (κ3) is 3.04. The average Bonchev–Trinajstić information content (AvgIpc) is 3.44. The van der Waals surface area contributed by atoms with Crippen LogP contribution in [0.25, 0.3) is 0 Å². The van der Waals surface area contributed by atoms with Crippen LogP contribution in [0.1, 0.15) is 25.3 Å². The zero-order valence-electron chi connectivity index (χ0n) is 14.1. The Morgan fingerprint density at radius 1 is 1.04 bits per heavy atom. The lowest BCUT2D eigenvalue weighted by Crippen LogP contribution is -2.41. The zero-order chi connectivity index (χ0) is 17.2. The molecule has 2 aromatic rings. The van der Waals surface area contributed by atoms with Crippen molar-refractivity contribution >= 4 is 23.2 Å². The highest BCUT2D eigenvalue weighted by Gasteiger charge is 2.57. The Balaban J connectivity index is 1.72. The van der Waals surface area contributed by atoms with E-state index in [0.29, 0.717) is 12.8 Å². The maximum absolute atomic E-state index is 12.8. The number of aryl methyl sites for hydroxylation is 1. The molecule has 0 aromatic heterocycles. The van der Waals surface area contributed by atoms with Gasteiger partial charge in [-0.3, -0.25) is 9.59 Å². The first kappa shape index (κ1) is 16.2. The van der Waals surface area contributed by atoms with Gasteiger partial charge in [-0.2, -0.15) is 0 Å². The Morgan fingerprint density at radius 3 is 2.21 bits per heavy atom. The monoisotopic (exact) mass is 322 g/mol. The summed E-state index contributed by atoms with van der Waals surface area (Å²) < 4.78 is 0. The molecule has 1 aliphatic carbocycles. The van der Waals surface area contributed by atoms with Crippen molar-refractivity contribution in [1.82, 2.24) is 0 Å². The van der Waals surface area contributed by atoms with Gasteiger partial charge >= 0.3 is 0 Å². The van der Waals surface area contributed by atoms with E-state index in [-0.39, 0.29) is 11.8 Å². The van der Waals surface area contributed by atoms with E-state index in [1.54, 1.807) is 11.9 Å². The van der Waals surface area contributed by atoms with Gasteiger partial charge in [0.15, 0.2) is 0 Å². The number of hydrogen-bond donors (Lipinski definition) is 1. The van der Waals surface area contributed by atoms with Gasteiger partial charge in [0.2, 0.25) is 11.8 Å². The van der Waals surface area contributed by atoms with E-state index in [2.05, 4.69) is 12.2 Å². The first-order chi connectivity index (χ1) is 11.6. The summed E-state index contributed by atoms with van der Waals surface area (Å²) in [7, 11) is 1.72. The fourth-order valence-electron chi connectivity index (χ4n) is 2.83. The van der Waals surface area contributed by atoms with Crippen molar-refractivity contribution < 1.29 is 9.59 Å². The lowest BCUT2D eigenvalue weighted by atomic mass is 10.0. The molecule has 0 radical (unpaired) electrons. The summed E-state index contributed by atoms with van der Waals surface area (Å²) in [6.07, 6.45) is 2.16. The molecule has 24 heavy (non-hydrogen) atoms. The van der Waals surface area contributed by atoms with Crippen LogP contribution in [-0.4, -0.2) is 18.9 Å². The molecule has 0 atom stereocenters. The van der Waals surface area contributed by atoms with Gasteiger partial charge in [0.1, 0.15) is 5.41 Å². The summed E-state index contributed by atoms with van der Waals surface area (Å²) in [6.45, 7) is 2.09. The van der Waals surface area contributed by atoms with Gasteiger partial charge < -0.3 is 10.2 Å². The molecule has 0 bridgehead atoms. The number of para-hydroxylation sites is 1. The van der Waals surface area contributed by atoms with Gasteiger partial charge in [-0.1, -0.05) is 37.3 Å². The molecule has 1 saturated carbocycles. The lowest BCUT2D eigenvalue weighted by Gasteiger charge is -2.23. The smallest absolute Gasteiger partial charge is 0.242 e. The maximum atomic E-state index is 12.8. The van der Waals surface area contributed by atoms with Gasteiger partial charge in [0, 0.05) is 18.4 Å². The normalized spacial score (nSPS) is 14.8. The van der Waals surface area contributed by atoms with Crippen LogP contribution in [0.2, 0.25) is 0 Å². The highest BCUT2D eigenvalue weighted by atomic mass is 16.2. The Labute approximate surface area is 142 Å². The molecule has 0 aliphatic heterocycles. The van der Waals surface area contributed by atoms with Gasteiger partial charge in [-0.15, -0.1) is 0 Å². The first-order valence-corrected chi connectivity index (χ1v) is 8.30. The number of hydrogen-bond acceptors (Lipinski definition) is 2. The highest BCUT2D eigenvalue weighted by Crippen LogP contribution is 2.48. The second-order valence-corrected chi connectivity index (χ2v) is 6.29. The van der Waals surface area contributed by atoms with Gasteiger partial charge in [-0.25, -0.2) is 0 Å². The minimum Gasteiger partial charge on any atom is -0.325 e. The molecular formula is C20H22N2O2. The van der Waals surface area contributed by atoms with Crippen LogP contribution < -0.4 is 10.2 Å². The molecule has 2 amide bonds. The highest BCUT2D eigenvalue weighted by molar-refractivity contribution is 6.17. The number of benzene rings is 2. The molecule has 1 fully saturated rings. The summed E-state index contributed by atoms with van der Waals surface area (Å²) in [5.41, 5.74) is 1.83. The van der Waals surface area contributed by atoms with E-state index >= 15 is 0 Å². The van der Waals surface area contributed by atoms with E-state index in [0.717, 1.165) is 17.8 Å². The molecule has 1 N–H and O–H groups in total. The largest absolute Gasteiger partial charge is 0.325 e. The molecule has 4 nitrogen and oxygen atoms in total. The van der Waals surface area contributed by atoms with E-state index in [9.17, 15) is 9.59 Å². The number of anilines is 2. The zero-order valence-corrected chi connectivity index (χ0v) is 14.1. The second-order valence-electron chi connectivity index (χ2n) is 6.29. The predicted molar refractivity (Wildman–Crippen MR) is 96.0 cm³/mol. The molecular weight excluding hydrogens is 300 g/mol. The van der Waals surface area contributed by atoms with Crippen molar-refractivity contribution in [3.05, 3.63) is 60.2 Å². The number of nitrogens with one attached hydrogen (secondary N) is 1. The molecule has 0 heterocycles. The Morgan fingerprint density at radius 2 is 1.67 bits per heavy atom. The van der Waals surface area contributed by atoms with Crippen LogP contribution in [0.5, 0.6) is 0 Å². The minimum atomic E-state index is -0.923. The maximum Gasteiger partial charge on any atom is 0.242 e. The van der Waals surface area contributed by atoms with Crippen LogP contribution in [0.3, 0.4) is 0 Å². The summed E-state index contributed by atoms with van der Waals surface area (Å²) >= 11 is 0. The van der Waals surface area contributed by atoms with Gasteiger partial charge in [0.05, 0.1) is 0 Å². The molecule has 0 spiro atoms. The van der Waals surface area contributed by atoms with Crippen molar-refractivity contribution in [1.29, 1.82) is 0 Å². The minimum absolute atomic E-state index is 0.142. The van der Waals surface area contributed by atoms with Crippen molar-refractivity contribution in [2.24, 2.45) is 5.41 Å². The van der Waals surface area contributed by atoms with Crippen molar-refractivity contribution in [3.63, 3.8) is 0 Å². The quantitative estimate of drug-likeness (QED) is 0.855. The van der Waals surface area contributed by atoms with Crippen molar-refractivity contribution in [2.75, 3.05) is 17.3 Å². The topological polar surface area (TPSA) is 49.4 Å². The molecule has 0 saturated heterocycles. The van der Waals surface area contributed by atoms with Crippen LogP contribution in [-0.2, 0) is 16.0 Å². The predicted octanol–water partition coefficient (Wildman–Crippen LogP) is 3.63. The SMILES string of the molecule is CCc1ccc(NC(=O)C2(C(=O)N(C)c3ccccc3)CC2)cc1. The van der Waals surface area contributed by atoms with Crippen LogP contribution in [0.15, 0.2) is 54.6 Å². The second kappa shape index (κ2) is 6.48. The number of amides is 2. The standard InChI is InChI=1S/C20H22N2O2/c1-3-15-9-11-16(12-10-15)21-18(23)20(13-14-20)19(24)22(2)17-7-5-4-6-8-17/h4-12H,3,13-14H2,1-2H3,(H,21,23). The Hall–Kier alpha value is -2.62. The first-order valence-electron chi connectivity index (χ1n) is 8.30. The van der Waals surface area contributed by atoms with E-state index in [1.807, 2.05) is 54.6 Å². The summed E-state index contributed by atoms with van der Waals surface area (Å²) in [5.74, 6) is -0.351. The molecule has 4 heteroatoms. The lowest BCUT2D eigenvalue weighted by molar-refractivity contribution is -0.132. The van der Waals surface area contributed by atoms with Gasteiger partial charge in [-0.05, 0) is 49.1 Å². The average molecular weight is 322 g/mol. The van der Waals surface area contributed by atoms with E-state index in [1.165, 1.54) is 5.56 Å². The van der Waals surface area contributed by atoms with Gasteiger partial charge in [0.25, 0.3) is 0 Å². The third-order valence-corrected chi connectivity index (χ3v) is 4.66. The number of nitrogens with zero attached hydrogens (tertiary/aromatic N) is 1. The fraction of sp³-hybridized carbons (Fsp3) is 0.300. The number of carbonyl (C=O) groups is 2. The molecule has 124 valence electrons. The van der Waals surface area contributed by atoms with Crippen LogP contribution in [0, 0.1) is 5.41 Å². The molecule has 2 aromatic carbocycles. The summed E-state index contributed by atoms with van der Waals surface area (Å²) in [6, 6.07) is 17.2. The fourth-order valence-corrected chi connectivity index (χ4v) is 2.83. The van der Waals surface area contributed by atoms with E-state index in [4.69, 9.17) is 0 Å². The van der Waals surface area contributed by atoms with E-state index < -0.39 is 5.41 Å². The molecule has 1 aliphatic rings.